The van der Waals surface area contributed by atoms with Crippen LogP contribution in [-0.4, -0.2) is 7.18 Å². The Bertz CT molecular complexity index is 101. The summed E-state index contributed by atoms with van der Waals surface area (Å²) in [6.45, 7) is 9.11. The Hall–Kier alpha value is -0.850. The fourth-order valence-electron chi connectivity index (χ4n) is 0.232. The van der Waals surface area contributed by atoms with Crippen molar-refractivity contribution in [1.82, 2.24) is 0 Å². The lowest BCUT2D eigenvalue weighted by molar-refractivity contribution is 0.636. The molecule has 0 saturated carbocycles. The van der Waals surface area contributed by atoms with Gasteiger partial charge < -0.3 is 0 Å². The maximum Gasteiger partial charge on any atom is 0.0785 e. The molecule has 0 heterocycles. The minimum absolute atomic E-state index is 0.500. The molecule has 0 amide bonds. The third-order valence-corrected chi connectivity index (χ3v) is 0.517. The van der Waals surface area contributed by atoms with Crippen LogP contribution in [0.4, 0.5) is 4.39 Å². The molecular weight excluding hydrogens is 115 g/mol. The monoisotopic (exact) mass is 128 g/mol. The summed E-state index contributed by atoms with van der Waals surface area (Å²) in [5.41, 5.74) is 1.06. The van der Waals surface area contributed by atoms with Crippen molar-refractivity contribution < 1.29 is 4.39 Å². The molecule has 0 aliphatic rings. The van der Waals surface area contributed by atoms with Gasteiger partial charge in [0.25, 0.3) is 0 Å². The smallest absolute Gasteiger partial charge is 0.0785 e. The largest absolute Gasteiger partial charge is 0.255 e. The van der Waals surface area contributed by atoms with Gasteiger partial charge in [-0.1, -0.05) is 37.0 Å². The van der Waals surface area contributed by atoms with Crippen LogP contribution >= 0.6 is 0 Å². The van der Waals surface area contributed by atoms with E-state index in [4.69, 9.17) is 0 Å². The van der Waals surface area contributed by atoms with Crippen molar-refractivity contribution in [1.29, 1.82) is 0 Å². The molecule has 0 bridgehead atoms. The summed E-state index contributed by atoms with van der Waals surface area (Å²) in [5, 5.41) is 0. The molecule has 0 atom stereocenters. The van der Waals surface area contributed by atoms with Crippen LogP contribution in [-0.2, 0) is 0 Å². The van der Waals surface area contributed by atoms with Crippen LogP contribution < -0.4 is 0 Å². The highest BCUT2D eigenvalue weighted by molar-refractivity contribution is 5.15. The Balaban J connectivity index is 0. The van der Waals surface area contributed by atoms with Crippen LogP contribution in [0, 0.1) is 0 Å². The van der Waals surface area contributed by atoms with Crippen molar-refractivity contribution >= 4 is 0 Å². The first-order valence-electron chi connectivity index (χ1n) is 2.60. The summed E-state index contributed by atoms with van der Waals surface area (Å²) in [6.07, 6.45) is 5.50. The molecule has 0 aliphatic carbocycles. The highest BCUT2D eigenvalue weighted by Crippen LogP contribution is 1.86. The SMILES string of the molecule is C=C/C=C\C(=C)C.CF. The first-order valence-corrected chi connectivity index (χ1v) is 2.60. The van der Waals surface area contributed by atoms with Crippen molar-refractivity contribution in [2.75, 3.05) is 7.18 Å². The van der Waals surface area contributed by atoms with Crippen molar-refractivity contribution in [2.45, 2.75) is 6.92 Å². The van der Waals surface area contributed by atoms with Crippen molar-refractivity contribution in [3.8, 4) is 0 Å². The standard InChI is InChI=1S/C7H10.CH3F/c1-4-5-6-7(2)3;1-2/h4-6H,1-2H2,3H3;1H3/b6-5-;. The zero-order valence-corrected chi connectivity index (χ0v) is 6.02. The molecule has 0 rings (SSSR count). The summed E-state index contributed by atoms with van der Waals surface area (Å²) in [7, 11) is 0.500. The predicted molar refractivity (Wildman–Crippen MR) is 41.2 cm³/mol. The van der Waals surface area contributed by atoms with Gasteiger partial charge >= 0.3 is 0 Å². The Kier molecular flexibility index (Phi) is 12.5. The molecule has 0 aromatic heterocycles. The van der Waals surface area contributed by atoms with Crippen LogP contribution in [0.2, 0.25) is 0 Å². The van der Waals surface area contributed by atoms with E-state index in [0.717, 1.165) is 5.57 Å². The second-order valence-corrected chi connectivity index (χ2v) is 1.44. The molecule has 1 heteroatoms. The lowest BCUT2D eigenvalue weighted by atomic mass is 10.3. The van der Waals surface area contributed by atoms with Crippen molar-refractivity contribution in [3.05, 3.63) is 37.0 Å². The first-order chi connectivity index (χ1) is 4.27. The van der Waals surface area contributed by atoms with Gasteiger partial charge in [-0.2, -0.15) is 0 Å². The maximum absolute atomic E-state index is 9.50. The van der Waals surface area contributed by atoms with E-state index in [1.807, 2.05) is 19.1 Å². The van der Waals surface area contributed by atoms with Crippen molar-refractivity contribution in [3.63, 3.8) is 0 Å². The molecule has 0 aliphatic heterocycles. The van der Waals surface area contributed by atoms with E-state index in [1.54, 1.807) is 6.08 Å². The molecular formula is C8H13F. The minimum Gasteiger partial charge on any atom is -0.255 e. The number of halogens is 1. The van der Waals surface area contributed by atoms with E-state index < -0.39 is 0 Å². The molecule has 0 fully saturated rings. The lowest BCUT2D eigenvalue weighted by Crippen LogP contribution is -1.55. The highest BCUT2D eigenvalue weighted by Gasteiger charge is 1.65. The molecule has 0 radical (unpaired) electrons. The van der Waals surface area contributed by atoms with E-state index in [9.17, 15) is 4.39 Å². The molecule has 0 saturated heterocycles. The van der Waals surface area contributed by atoms with Crippen LogP contribution in [0.5, 0.6) is 0 Å². The highest BCUT2D eigenvalue weighted by atomic mass is 19.1. The molecule has 9 heavy (non-hydrogen) atoms. The molecule has 0 spiro atoms. The summed E-state index contributed by atoms with van der Waals surface area (Å²) in [4.78, 5) is 0. The molecule has 0 aromatic carbocycles. The second-order valence-electron chi connectivity index (χ2n) is 1.44. The summed E-state index contributed by atoms with van der Waals surface area (Å²) in [5.74, 6) is 0. The average molecular weight is 128 g/mol. The molecule has 0 aromatic rings. The maximum atomic E-state index is 9.50. The Morgan fingerprint density at radius 1 is 1.44 bits per heavy atom. The number of alkyl halides is 1. The molecule has 0 unspecified atom stereocenters. The molecule has 52 valence electrons. The molecule has 0 nitrogen and oxygen atoms in total. The summed E-state index contributed by atoms with van der Waals surface area (Å²) in [6, 6.07) is 0. The van der Waals surface area contributed by atoms with Gasteiger partial charge in [-0.25, -0.2) is 0 Å². The van der Waals surface area contributed by atoms with Gasteiger partial charge in [0.15, 0.2) is 0 Å². The van der Waals surface area contributed by atoms with Gasteiger partial charge in [-0.15, -0.1) is 0 Å². The number of allylic oxidation sites excluding steroid dienone is 4. The van der Waals surface area contributed by atoms with Crippen LogP contribution in [0.15, 0.2) is 37.0 Å². The third-order valence-electron chi connectivity index (χ3n) is 0.517. The first kappa shape index (κ1) is 11.0. The van der Waals surface area contributed by atoms with Gasteiger partial charge in [-0.3, -0.25) is 4.39 Å². The van der Waals surface area contributed by atoms with E-state index >= 15 is 0 Å². The van der Waals surface area contributed by atoms with Gasteiger partial charge in [0, 0.05) is 0 Å². The number of hydrogen-bond donors (Lipinski definition) is 0. The Morgan fingerprint density at radius 3 is 2.00 bits per heavy atom. The van der Waals surface area contributed by atoms with Crippen molar-refractivity contribution in [2.24, 2.45) is 0 Å². The Labute approximate surface area is 56.4 Å². The zero-order valence-electron chi connectivity index (χ0n) is 6.02. The fraction of sp³-hybridized carbons (Fsp3) is 0.250. The van der Waals surface area contributed by atoms with Gasteiger partial charge in [-0.05, 0) is 6.92 Å². The van der Waals surface area contributed by atoms with E-state index in [-0.39, 0.29) is 0 Å². The average Bonchev–Trinajstić information content (AvgIpc) is 1.88. The van der Waals surface area contributed by atoms with Crippen LogP contribution in [0.25, 0.3) is 0 Å². The van der Waals surface area contributed by atoms with Gasteiger partial charge in [0.2, 0.25) is 0 Å². The Morgan fingerprint density at radius 2 is 1.89 bits per heavy atom. The minimum atomic E-state index is 0.500. The summed E-state index contributed by atoms with van der Waals surface area (Å²) < 4.78 is 9.50. The number of hydrogen-bond acceptors (Lipinski definition) is 0. The van der Waals surface area contributed by atoms with E-state index in [0.29, 0.717) is 7.18 Å². The van der Waals surface area contributed by atoms with E-state index in [1.165, 1.54) is 0 Å². The number of rotatable bonds is 2. The van der Waals surface area contributed by atoms with Gasteiger partial charge in [0.05, 0.1) is 7.18 Å². The topological polar surface area (TPSA) is 0 Å². The lowest BCUT2D eigenvalue weighted by Gasteiger charge is -1.77. The molecule has 0 N–H and O–H groups in total. The fourth-order valence-corrected chi connectivity index (χ4v) is 0.232. The van der Waals surface area contributed by atoms with Crippen LogP contribution in [0.3, 0.4) is 0 Å². The van der Waals surface area contributed by atoms with E-state index in [2.05, 4.69) is 13.2 Å². The summed E-state index contributed by atoms with van der Waals surface area (Å²) >= 11 is 0. The third kappa shape index (κ3) is 19.1. The predicted octanol–water partition coefficient (Wildman–Crippen LogP) is 2.89. The second kappa shape index (κ2) is 10.2. The van der Waals surface area contributed by atoms with Gasteiger partial charge in [0.1, 0.15) is 0 Å². The normalized spacial score (nSPS) is 7.89. The zero-order chi connectivity index (χ0) is 7.70. The van der Waals surface area contributed by atoms with Crippen LogP contribution in [0.1, 0.15) is 6.92 Å². The quantitative estimate of drug-likeness (QED) is 0.501.